The van der Waals surface area contributed by atoms with Gasteiger partial charge in [-0.2, -0.15) is 9.78 Å². The molecule has 1 aliphatic rings. The lowest BCUT2D eigenvalue weighted by molar-refractivity contribution is -0.122. The fraction of sp³-hybridized carbons (Fsp3) is 0.333. The summed E-state index contributed by atoms with van der Waals surface area (Å²) in [4.78, 5) is 33.1. The van der Waals surface area contributed by atoms with Crippen LogP contribution in [0, 0.1) is 40.5 Å². The number of nitrogens with one attached hydrogen (secondary N) is 1. The minimum absolute atomic E-state index is 0.0218. The van der Waals surface area contributed by atoms with E-state index in [0.717, 1.165) is 51.0 Å². The molecule has 5 rings (SSSR count). The van der Waals surface area contributed by atoms with Gasteiger partial charge in [-0.1, -0.05) is 36.8 Å². The van der Waals surface area contributed by atoms with E-state index in [1.165, 1.54) is 5.56 Å². The molecule has 2 amide bonds. The number of amides is 2. The van der Waals surface area contributed by atoms with Crippen molar-refractivity contribution in [2.45, 2.75) is 54.4 Å². The van der Waals surface area contributed by atoms with Crippen LogP contribution in [0.4, 0.5) is 11.5 Å². The molecule has 0 radical (unpaired) electrons. The number of pyridine rings is 1. The maximum absolute atomic E-state index is 13.4. The first-order valence-electron chi connectivity index (χ1n) is 12.8. The quantitative estimate of drug-likeness (QED) is 0.396. The van der Waals surface area contributed by atoms with Crippen LogP contribution in [-0.2, 0) is 16.0 Å². The summed E-state index contributed by atoms with van der Waals surface area (Å²) in [5.41, 5.74) is 8.19. The fourth-order valence-electron chi connectivity index (χ4n) is 5.42. The van der Waals surface area contributed by atoms with Crippen LogP contribution in [0.2, 0.25) is 0 Å². The SMILES string of the molecule is CCc1cccc(C)c1N1CC(C(=O)Nc2cc(C)nn2-c2cc(C)c3cc(C)cc(C)c3n2)CC1=O. The number of carbonyl (C=O) groups excluding carboxylic acids is 2. The van der Waals surface area contributed by atoms with Gasteiger partial charge in [0.1, 0.15) is 5.82 Å². The summed E-state index contributed by atoms with van der Waals surface area (Å²) in [5.74, 6) is 0.544. The van der Waals surface area contributed by atoms with Crippen molar-refractivity contribution < 1.29 is 9.59 Å². The first-order valence-corrected chi connectivity index (χ1v) is 12.8. The molecule has 7 heteroatoms. The molecule has 3 heterocycles. The molecule has 2 aromatic carbocycles. The second-order valence-electron chi connectivity index (χ2n) is 10.2. The predicted molar refractivity (Wildman–Crippen MR) is 147 cm³/mol. The lowest BCUT2D eigenvalue weighted by Crippen LogP contribution is -2.29. The van der Waals surface area contributed by atoms with Gasteiger partial charge in [0.15, 0.2) is 5.82 Å². The number of aryl methyl sites for hydroxylation is 6. The van der Waals surface area contributed by atoms with E-state index in [2.05, 4.69) is 50.2 Å². The number of fused-ring (bicyclic) bond motifs is 1. The molecule has 1 atom stereocenters. The number of aromatic nitrogens is 3. The van der Waals surface area contributed by atoms with Crippen molar-refractivity contribution >= 4 is 34.2 Å². The molecule has 37 heavy (non-hydrogen) atoms. The largest absolute Gasteiger partial charge is 0.311 e. The van der Waals surface area contributed by atoms with Crippen molar-refractivity contribution in [1.82, 2.24) is 14.8 Å². The lowest BCUT2D eigenvalue weighted by atomic mass is 10.0. The van der Waals surface area contributed by atoms with E-state index >= 15 is 0 Å². The molecule has 1 saturated heterocycles. The normalized spacial score (nSPS) is 15.6. The first-order chi connectivity index (χ1) is 17.7. The summed E-state index contributed by atoms with van der Waals surface area (Å²) < 4.78 is 1.68. The number of hydrogen-bond acceptors (Lipinski definition) is 4. The zero-order valence-corrected chi connectivity index (χ0v) is 22.3. The average Bonchev–Trinajstić information content (AvgIpc) is 3.41. The van der Waals surface area contributed by atoms with Crippen molar-refractivity contribution in [3.05, 3.63) is 76.0 Å². The fourth-order valence-corrected chi connectivity index (χ4v) is 5.42. The second-order valence-corrected chi connectivity index (χ2v) is 10.2. The van der Waals surface area contributed by atoms with Crippen molar-refractivity contribution in [3.63, 3.8) is 0 Å². The maximum atomic E-state index is 13.4. The smallest absolute Gasteiger partial charge is 0.230 e. The third-order valence-corrected chi connectivity index (χ3v) is 7.21. The van der Waals surface area contributed by atoms with Crippen LogP contribution in [0.25, 0.3) is 16.7 Å². The Morgan fingerprint density at radius 3 is 2.57 bits per heavy atom. The highest BCUT2D eigenvalue weighted by molar-refractivity contribution is 6.04. The third kappa shape index (κ3) is 4.50. The molecule has 1 N–H and O–H groups in total. The molecule has 7 nitrogen and oxygen atoms in total. The number of rotatable bonds is 5. The van der Waals surface area contributed by atoms with Crippen LogP contribution < -0.4 is 10.2 Å². The van der Waals surface area contributed by atoms with Gasteiger partial charge in [0.25, 0.3) is 0 Å². The Hall–Kier alpha value is -4.00. The van der Waals surface area contributed by atoms with E-state index in [9.17, 15) is 9.59 Å². The van der Waals surface area contributed by atoms with Crippen LogP contribution in [-0.4, -0.2) is 33.1 Å². The molecule has 1 fully saturated rings. The van der Waals surface area contributed by atoms with Gasteiger partial charge in [0.2, 0.25) is 11.8 Å². The Bertz CT molecular complexity index is 1550. The van der Waals surface area contributed by atoms with Gasteiger partial charge in [-0.05, 0) is 75.4 Å². The van der Waals surface area contributed by atoms with Gasteiger partial charge >= 0.3 is 0 Å². The Labute approximate surface area is 217 Å². The van der Waals surface area contributed by atoms with Crippen molar-refractivity contribution in [2.24, 2.45) is 5.92 Å². The average molecular weight is 496 g/mol. The highest BCUT2D eigenvalue weighted by Crippen LogP contribution is 2.32. The highest BCUT2D eigenvalue weighted by Gasteiger charge is 2.36. The van der Waals surface area contributed by atoms with E-state index in [1.54, 1.807) is 9.58 Å². The van der Waals surface area contributed by atoms with Crippen LogP contribution in [0.5, 0.6) is 0 Å². The summed E-state index contributed by atoms with van der Waals surface area (Å²) >= 11 is 0. The Kier molecular flexibility index (Phi) is 6.31. The van der Waals surface area contributed by atoms with Gasteiger partial charge in [-0.25, -0.2) is 4.98 Å². The number of carbonyl (C=O) groups is 2. The van der Waals surface area contributed by atoms with Crippen LogP contribution in [0.1, 0.15) is 46.9 Å². The molecule has 0 saturated carbocycles. The summed E-state index contributed by atoms with van der Waals surface area (Å²) in [6.45, 7) is 12.6. The van der Waals surface area contributed by atoms with Crippen molar-refractivity contribution in [2.75, 3.05) is 16.8 Å². The molecule has 0 bridgehead atoms. The number of benzene rings is 2. The third-order valence-electron chi connectivity index (χ3n) is 7.21. The monoisotopic (exact) mass is 495 g/mol. The second kappa shape index (κ2) is 9.47. The summed E-state index contributed by atoms with van der Waals surface area (Å²) in [7, 11) is 0. The topological polar surface area (TPSA) is 80.1 Å². The van der Waals surface area contributed by atoms with Gasteiger partial charge in [0.05, 0.1) is 17.1 Å². The van der Waals surface area contributed by atoms with Crippen LogP contribution in [0.3, 0.4) is 0 Å². The van der Waals surface area contributed by atoms with E-state index in [1.807, 2.05) is 44.2 Å². The van der Waals surface area contributed by atoms with Crippen LogP contribution in [0.15, 0.2) is 42.5 Å². The minimum Gasteiger partial charge on any atom is -0.311 e. The predicted octanol–water partition coefficient (Wildman–Crippen LogP) is 5.52. The molecular formula is C30H33N5O2. The van der Waals surface area contributed by atoms with Gasteiger partial charge in [-0.15, -0.1) is 0 Å². The highest BCUT2D eigenvalue weighted by atomic mass is 16.2. The number of para-hydroxylation sites is 1. The van der Waals surface area contributed by atoms with Gasteiger partial charge in [0, 0.05) is 30.1 Å². The Morgan fingerprint density at radius 1 is 1.03 bits per heavy atom. The zero-order chi connectivity index (χ0) is 26.4. The number of anilines is 2. The molecule has 2 aromatic heterocycles. The molecule has 0 aliphatic carbocycles. The van der Waals surface area contributed by atoms with Gasteiger partial charge < -0.3 is 10.2 Å². The zero-order valence-electron chi connectivity index (χ0n) is 22.3. The number of nitrogens with zero attached hydrogens (tertiary/aromatic N) is 4. The van der Waals surface area contributed by atoms with Crippen molar-refractivity contribution in [1.29, 1.82) is 0 Å². The summed E-state index contributed by atoms with van der Waals surface area (Å²) in [6.07, 6.45) is 1.01. The summed E-state index contributed by atoms with van der Waals surface area (Å²) in [5, 5.41) is 8.78. The molecule has 1 unspecified atom stereocenters. The van der Waals surface area contributed by atoms with Gasteiger partial charge in [-0.3, -0.25) is 9.59 Å². The van der Waals surface area contributed by atoms with Crippen LogP contribution >= 0.6 is 0 Å². The Balaban J connectivity index is 1.43. The Morgan fingerprint density at radius 2 is 1.81 bits per heavy atom. The maximum Gasteiger partial charge on any atom is 0.230 e. The molecule has 0 spiro atoms. The molecule has 190 valence electrons. The summed E-state index contributed by atoms with van der Waals surface area (Å²) in [6, 6.07) is 14.2. The first kappa shape index (κ1) is 24.7. The van der Waals surface area contributed by atoms with E-state index in [4.69, 9.17) is 4.98 Å². The minimum atomic E-state index is -0.447. The molecule has 1 aliphatic heterocycles. The van der Waals surface area contributed by atoms with E-state index in [0.29, 0.717) is 18.2 Å². The molecule has 4 aromatic rings. The number of hydrogen-bond donors (Lipinski definition) is 1. The van der Waals surface area contributed by atoms with Crippen molar-refractivity contribution in [3.8, 4) is 5.82 Å². The van der Waals surface area contributed by atoms with E-state index < -0.39 is 5.92 Å². The van der Waals surface area contributed by atoms with E-state index in [-0.39, 0.29) is 18.2 Å². The molecular weight excluding hydrogens is 462 g/mol. The lowest BCUT2D eigenvalue weighted by Gasteiger charge is -2.22. The standard InChI is InChI=1S/C30H33N5O2/c1-7-22-10-8-9-18(3)29(22)34-16-23(15-27(34)36)30(37)32-26-14-21(6)33-35(26)25-13-19(4)24-12-17(2)11-20(5)28(24)31-25/h8-14,23H,7,15-16H2,1-6H3,(H,32,37).